The summed E-state index contributed by atoms with van der Waals surface area (Å²) in [5.41, 5.74) is 3.51. The van der Waals surface area contributed by atoms with Crippen LogP contribution in [0.2, 0.25) is 0 Å². The highest BCUT2D eigenvalue weighted by atomic mass is 32.1. The smallest absolute Gasteiger partial charge is 0.229 e. The minimum Gasteiger partial charge on any atom is -0.317 e. The Labute approximate surface area is 186 Å². The molecule has 0 spiro atoms. The van der Waals surface area contributed by atoms with Gasteiger partial charge >= 0.3 is 0 Å². The molecule has 3 aromatic heterocycles. The summed E-state index contributed by atoms with van der Waals surface area (Å²) in [5, 5.41) is 16.7. The number of nitrogens with one attached hydrogen (secondary N) is 1. The summed E-state index contributed by atoms with van der Waals surface area (Å²) in [6, 6.07) is 11.2. The van der Waals surface area contributed by atoms with Crippen molar-refractivity contribution in [2.24, 2.45) is 0 Å². The van der Waals surface area contributed by atoms with Gasteiger partial charge in [-0.15, -0.1) is 27.8 Å². The second-order valence-corrected chi connectivity index (χ2v) is 9.42. The van der Waals surface area contributed by atoms with Crippen molar-refractivity contribution in [1.82, 2.24) is 20.2 Å². The summed E-state index contributed by atoms with van der Waals surface area (Å²) in [6.07, 6.45) is 5.82. The van der Waals surface area contributed by atoms with E-state index in [1.807, 2.05) is 41.8 Å². The number of hydrogen-bond donors (Lipinski definition) is 1. The third-order valence-electron chi connectivity index (χ3n) is 5.31. The first-order valence-corrected chi connectivity index (χ1v) is 11.7. The number of fused-ring (bicyclic) bond motifs is 1. The average Bonchev–Trinajstić information content (AvgIpc) is 3.54. The van der Waals surface area contributed by atoms with Gasteiger partial charge in [0.1, 0.15) is 11.3 Å². The Hall–Kier alpha value is -3.17. The van der Waals surface area contributed by atoms with Gasteiger partial charge in [0, 0.05) is 4.88 Å². The lowest BCUT2D eigenvalue weighted by Crippen LogP contribution is -2.16. The molecule has 156 valence electrons. The maximum absolute atomic E-state index is 13.2. The van der Waals surface area contributed by atoms with Gasteiger partial charge in [-0.3, -0.25) is 9.59 Å². The van der Waals surface area contributed by atoms with E-state index in [2.05, 4.69) is 20.8 Å². The highest BCUT2D eigenvalue weighted by Crippen LogP contribution is 2.39. The molecular weight excluding hydrogens is 430 g/mol. The van der Waals surface area contributed by atoms with Crippen molar-refractivity contribution >= 4 is 39.4 Å². The molecule has 7 nitrogen and oxygen atoms in total. The lowest BCUT2D eigenvalue weighted by molar-refractivity contribution is -0.115. The maximum atomic E-state index is 13.2. The van der Waals surface area contributed by atoms with Crippen LogP contribution in [-0.2, 0) is 24.1 Å². The van der Waals surface area contributed by atoms with Crippen LogP contribution in [0.15, 0.2) is 48.1 Å². The summed E-state index contributed by atoms with van der Waals surface area (Å²) in [6.45, 7) is 0. The van der Waals surface area contributed by atoms with Crippen LogP contribution in [0.3, 0.4) is 0 Å². The van der Waals surface area contributed by atoms with Gasteiger partial charge < -0.3 is 5.32 Å². The number of aromatic nitrogens is 4. The second kappa shape index (κ2) is 8.52. The predicted octanol–water partition coefficient (Wildman–Crippen LogP) is 4.08. The molecule has 0 unspecified atom stereocenters. The van der Waals surface area contributed by atoms with Crippen LogP contribution in [0.4, 0.5) is 5.00 Å². The van der Waals surface area contributed by atoms with Crippen LogP contribution in [0.5, 0.6) is 0 Å². The van der Waals surface area contributed by atoms with E-state index in [1.165, 1.54) is 22.5 Å². The largest absolute Gasteiger partial charge is 0.317 e. The first kappa shape index (κ1) is 19.8. The third kappa shape index (κ3) is 4.06. The van der Waals surface area contributed by atoms with E-state index in [4.69, 9.17) is 0 Å². The number of hydrogen-bond acceptors (Lipinski definition) is 7. The van der Waals surface area contributed by atoms with E-state index in [9.17, 15) is 9.59 Å². The number of rotatable bonds is 6. The fourth-order valence-corrected chi connectivity index (χ4v) is 5.80. The van der Waals surface area contributed by atoms with Gasteiger partial charge in [0.05, 0.1) is 22.5 Å². The van der Waals surface area contributed by atoms with E-state index in [0.717, 1.165) is 42.5 Å². The van der Waals surface area contributed by atoms with Gasteiger partial charge in [0.2, 0.25) is 11.7 Å². The topological polar surface area (TPSA) is 89.8 Å². The molecule has 1 aliphatic carbocycles. The Kier molecular flexibility index (Phi) is 5.44. The van der Waals surface area contributed by atoms with Crippen molar-refractivity contribution in [3.05, 3.63) is 74.6 Å². The van der Waals surface area contributed by atoms with Gasteiger partial charge in [-0.2, -0.15) is 0 Å². The van der Waals surface area contributed by atoms with E-state index in [-0.39, 0.29) is 18.1 Å². The number of thiophene rings is 2. The van der Waals surface area contributed by atoms with Crippen LogP contribution < -0.4 is 5.32 Å². The van der Waals surface area contributed by atoms with Crippen LogP contribution in [0.1, 0.15) is 44.1 Å². The van der Waals surface area contributed by atoms with E-state index in [0.29, 0.717) is 15.4 Å². The number of benzene rings is 1. The SMILES string of the molecule is O=C(Cc1ccc(-n2cnnn2)cc1)Nc1sc2c(c1C(=O)c1cccs1)CCCC2. The molecule has 9 heteroatoms. The Bertz CT molecular complexity index is 1210. The number of tetrazole rings is 1. The molecule has 1 aromatic carbocycles. The van der Waals surface area contributed by atoms with Gasteiger partial charge in [-0.1, -0.05) is 18.2 Å². The Morgan fingerprint density at radius 2 is 1.94 bits per heavy atom. The highest BCUT2D eigenvalue weighted by Gasteiger charge is 2.27. The first-order chi connectivity index (χ1) is 15.2. The predicted molar refractivity (Wildman–Crippen MR) is 120 cm³/mol. The van der Waals surface area contributed by atoms with Crippen LogP contribution in [0.25, 0.3) is 5.69 Å². The van der Waals surface area contributed by atoms with Gasteiger partial charge in [0.25, 0.3) is 0 Å². The average molecular weight is 450 g/mol. The van der Waals surface area contributed by atoms with E-state index in [1.54, 1.807) is 16.0 Å². The molecular formula is C22H19N5O2S2. The monoisotopic (exact) mass is 449 g/mol. The molecule has 31 heavy (non-hydrogen) atoms. The van der Waals surface area contributed by atoms with Crippen LogP contribution >= 0.6 is 22.7 Å². The van der Waals surface area contributed by atoms with E-state index < -0.39 is 0 Å². The van der Waals surface area contributed by atoms with Crippen molar-refractivity contribution in [2.45, 2.75) is 32.1 Å². The summed E-state index contributed by atoms with van der Waals surface area (Å²) >= 11 is 2.99. The molecule has 0 saturated heterocycles. The van der Waals surface area contributed by atoms with E-state index >= 15 is 0 Å². The molecule has 0 fully saturated rings. The summed E-state index contributed by atoms with van der Waals surface area (Å²) < 4.78 is 1.56. The van der Waals surface area contributed by atoms with Gasteiger partial charge in [-0.05, 0) is 70.8 Å². The summed E-state index contributed by atoms with van der Waals surface area (Å²) in [7, 11) is 0. The zero-order chi connectivity index (χ0) is 21.2. The fourth-order valence-electron chi connectivity index (χ4n) is 3.83. The fraction of sp³-hybridized carbons (Fsp3) is 0.227. The minimum atomic E-state index is -0.131. The number of carbonyl (C=O) groups is 2. The van der Waals surface area contributed by atoms with Crippen LogP contribution in [-0.4, -0.2) is 31.9 Å². The zero-order valence-electron chi connectivity index (χ0n) is 16.6. The number of amides is 1. The molecule has 0 bridgehead atoms. The maximum Gasteiger partial charge on any atom is 0.229 e. The van der Waals surface area contributed by atoms with Crippen molar-refractivity contribution in [1.29, 1.82) is 0 Å². The highest BCUT2D eigenvalue weighted by molar-refractivity contribution is 7.17. The van der Waals surface area contributed by atoms with Crippen molar-refractivity contribution in [3.63, 3.8) is 0 Å². The zero-order valence-corrected chi connectivity index (χ0v) is 18.2. The second-order valence-electron chi connectivity index (χ2n) is 7.37. The molecule has 0 radical (unpaired) electrons. The van der Waals surface area contributed by atoms with Crippen LogP contribution in [0, 0.1) is 0 Å². The first-order valence-electron chi connectivity index (χ1n) is 10.0. The number of anilines is 1. The lowest BCUT2D eigenvalue weighted by atomic mass is 9.93. The molecule has 1 N–H and O–H groups in total. The number of ketones is 1. The molecule has 1 amide bonds. The summed E-state index contributed by atoms with van der Waals surface area (Å²) in [5.74, 6) is -0.121. The lowest BCUT2D eigenvalue weighted by Gasteiger charge is -2.12. The Morgan fingerprint density at radius 1 is 1.10 bits per heavy atom. The number of carbonyl (C=O) groups excluding carboxylic acids is 2. The molecule has 5 rings (SSSR count). The number of nitrogens with zero attached hydrogens (tertiary/aromatic N) is 4. The van der Waals surface area contributed by atoms with Crippen molar-refractivity contribution in [2.75, 3.05) is 5.32 Å². The molecule has 3 heterocycles. The summed E-state index contributed by atoms with van der Waals surface area (Å²) in [4.78, 5) is 28.0. The molecule has 0 atom stereocenters. The van der Waals surface area contributed by atoms with Gasteiger partial charge in [-0.25, -0.2) is 4.68 Å². The third-order valence-corrected chi connectivity index (χ3v) is 7.39. The number of aryl methyl sites for hydroxylation is 1. The van der Waals surface area contributed by atoms with Crippen molar-refractivity contribution < 1.29 is 9.59 Å². The Morgan fingerprint density at radius 3 is 2.68 bits per heavy atom. The molecule has 0 saturated carbocycles. The quantitative estimate of drug-likeness (QED) is 0.448. The van der Waals surface area contributed by atoms with Crippen molar-refractivity contribution in [3.8, 4) is 5.69 Å². The molecule has 1 aliphatic rings. The minimum absolute atomic E-state index is 0.00972. The molecule has 0 aliphatic heterocycles. The van der Waals surface area contributed by atoms with Gasteiger partial charge in [0.15, 0.2) is 0 Å². The normalized spacial score (nSPS) is 13.0. The Balaban J connectivity index is 1.36. The standard InChI is InChI=1S/C22H19N5O2S2/c28-19(12-14-7-9-15(10-8-14)27-13-23-25-26-27)24-22-20(21(29)18-6-3-11-30-18)16-4-1-2-5-17(16)31-22/h3,6-11,13H,1-2,4-5,12H2,(H,24,28). The molecule has 4 aromatic rings.